The van der Waals surface area contributed by atoms with Crippen molar-refractivity contribution in [3.8, 4) is 0 Å². The van der Waals surface area contributed by atoms with Gasteiger partial charge < -0.3 is 10.0 Å². The maximum atomic E-state index is 12.4. The van der Waals surface area contributed by atoms with Gasteiger partial charge in [-0.2, -0.15) is 0 Å². The molecule has 0 bridgehead atoms. The number of benzene rings is 1. The van der Waals surface area contributed by atoms with Gasteiger partial charge in [-0.05, 0) is 30.4 Å². The van der Waals surface area contributed by atoms with E-state index in [9.17, 15) is 9.90 Å². The van der Waals surface area contributed by atoms with E-state index in [0.717, 1.165) is 45.4 Å². The summed E-state index contributed by atoms with van der Waals surface area (Å²) < 4.78 is 0. The number of rotatable bonds is 2. The quantitative estimate of drug-likeness (QED) is 0.876. The van der Waals surface area contributed by atoms with Crippen molar-refractivity contribution in [1.29, 1.82) is 0 Å². The van der Waals surface area contributed by atoms with Crippen LogP contribution < -0.4 is 0 Å². The zero-order chi connectivity index (χ0) is 13.9. The number of carbonyl (C=O) groups excluding carboxylic acids is 1. The smallest absolute Gasteiger partial charge is 0.237 e. The number of nitrogens with zero attached hydrogens (tertiary/aromatic N) is 2. The molecule has 0 unspecified atom stereocenters. The first-order valence-corrected chi connectivity index (χ1v) is 7.47. The van der Waals surface area contributed by atoms with Crippen molar-refractivity contribution >= 4 is 5.91 Å². The second kappa shape index (κ2) is 5.94. The second-order valence-electron chi connectivity index (χ2n) is 5.84. The predicted molar refractivity (Wildman–Crippen MR) is 77.2 cm³/mol. The van der Waals surface area contributed by atoms with E-state index in [1.54, 1.807) is 0 Å². The number of carbonyl (C=O) groups is 1. The first kappa shape index (κ1) is 13.6. The lowest BCUT2D eigenvalue weighted by molar-refractivity contribution is -0.133. The van der Waals surface area contributed by atoms with E-state index in [2.05, 4.69) is 23.1 Å². The predicted octanol–water partition coefficient (Wildman–Crippen LogP) is 1.03. The highest BCUT2D eigenvalue weighted by molar-refractivity contribution is 5.78. The van der Waals surface area contributed by atoms with Gasteiger partial charge in [0.05, 0.1) is 12.6 Å². The number of likely N-dealkylation sites (tertiary alicyclic amines) is 1. The van der Waals surface area contributed by atoms with Gasteiger partial charge >= 0.3 is 0 Å². The molecule has 20 heavy (non-hydrogen) atoms. The summed E-state index contributed by atoms with van der Waals surface area (Å²) in [7, 11) is 0. The molecular weight excluding hydrogens is 252 g/mol. The van der Waals surface area contributed by atoms with Gasteiger partial charge in [0.1, 0.15) is 0 Å². The zero-order valence-electron chi connectivity index (χ0n) is 11.8. The molecule has 1 aromatic rings. The fourth-order valence-electron chi connectivity index (χ4n) is 3.08. The normalized spacial score (nSPS) is 20.8. The van der Waals surface area contributed by atoms with Crippen molar-refractivity contribution in [3.63, 3.8) is 0 Å². The third-order valence-corrected chi connectivity index (χ3v) is 4.40. The summed E-state index contributed by atoms with van der Waals surface area (Å²) in [6.07, 6.45) is 2.36. The van der Waals surface area contributed by atoms with Crippen LogP contribution in [-0.2, 0) is 17.8 Å². The standard InChI is InChI=1S/C16H22N2O2/c19-15-6-8-17(9-7-15)12-16(20)18-10-5-13-3-1-2-4-14(13)11-18/h1-4,15,19H,5-12H2. The van der Waals surface area contributed by atoms with E-state index in [0.29, 0.717) is 6.54 Å². The molecule has 0 aliphatic carbocycles. The van der Waals surface area contributed by atoms with Crippen molar-refractivity contribution < 1.29 is 9.90 Å². The Morgan fingerprint density at radius 3 is 2.60 bits per heavy atom. The number of piperidine rings is 1. The lowest BCUT2D eigenvalue weighted by atomic mass is 10.00. The summed E-state index contributed by atoms with van der Waals surface area (Å²) >= 11 is 0. The van der Waals surface area contributed by atoms with Crippen LogP contribution >= 0.6 is 0 Å². The van der Waals surface area contributed by atoms with Crippen molar-refractivity contribution in [3.05, 3.63) is 35.4 Å². The Bertz CT molecular complexity index is 481. The van der Waals surface area contributed by atoms with Crippen molar-refractivity contribution in [2.45, 2.75) is 31.9 Å². The highest BCUT2D eigenvalue weighted by atomic mass is 16.3. The third kappa shape index (κ3) is 3.02. The Labute approximate surface area is 120 Å². The molecule has 1 fully saturated rings. The van der Waals surface area contributed by atoms with Crippen molar-refractivity contribution in [2.24, 2.45) is 0 Å². The Hall–Kier alpha value is -1.39. The molecule has 0 spiro atoms. The first-order valence-electron chi connectivity index (χ1n) is 7.47. The van der Waals surface area contributed by atoms with Gasteiger partial charge in [-0.3, -0.25) is 9.69 Å². The summed E-state index contributed by atoms with van der Waals surface area (Å²) in [5, 5.41) is 9.50. The maximum Gasteiger partial charge on any atom is 0.237 e. The van der Waals surface area contributed by atoms with Crippen molar-refractivity contribution in [1.82, 2.24) is 9.80 Å². The Kier molecular flexibility index (Phi) is 4.03. The Balaban J connectivity index is 1.56. The van der Waals surface area contributed by atoms with Crippen LogP contribution in [0, 0.1) is 0 Å². The van der Waals surface area contributed by atoms with E-state index in [-0.39, 0.29) is 12.0 Å². The number of fused-ring (bicyclic) bond motifs is 1. The molecule has 2 aliphatic heterocycles. The second-order valence-corrected chi connectivity index (χ2v) is 5.84. The average molecular weight is 274 g/mol. The van der Waals surface area contributed by atoms with E-state index in [1.165, 1.54) is 11.1 Å². The molecular formula is C16H22N2O2. The summed E-state index contributed by atoms with van der Waals surface area (Å²) in [6, 6.07) is 8.38. The molecule has 0 aromatic heterocycles. The SMILES string of the molecule is O=C(CN1CCC(O)CC1)N1CCc2ccccc2C1. The number of hydrogen-bond acceptors (Lipinski definition) is 3. The van der Waals surface area contributed by atoms with Gasteiger partial charge in [0.25, 0.3) is 0 Å². The maximum absolute atomic E-state index is 12.4. The number of amides is 1. The van der Waals surface area contributed by atoms with Crippen LogP contribution in [0.5, 0.6) is 0 Å². The molecule has 4 nitrogen and oxygen atoms in total. The van der Waals surface area contributed by atoms with E-state index < -0.39 is 0 Å². The highest BCUT2D eigenvalue weighted by Gasteiger charge is 2.24. The van der Waals surface area contributed by atoms with Gasteiger partial charge in [0.2, 0.25) is 5.91 Å². The van der Waals surface area contributed by atoms with E-state index >= 15 is 0 Å². The molecule has 3 rings (SSSR count). The number of aliphatic hydroxyl groups is 1. The average Bonchev–Trinajstić information content (AvgIpc) is 2.49. The van der Waals surface area contributed by atoms with Gasteiger partial charge in [-0.1, -0.05) is 24.3 Å². The van der Waals surface area contributed by atoms with Crippen molar-refractivity contribution in [2.75, 3.05) is 26.2 Å². The third-order valence-electron chi connectivity index (χ3n) is 4.40. The molecule has 108 valence electrons. The Morgan fingerprint density at radius 2 is 1.85 bits per heavy atom. The van der Waals surface area contributed by atoms with Crippen LogP contribution in [-0.4, -0.2) is 53.1 Å². The van der Waals surface area contributed by atoms with Gasteiger partial charge in [-0.15, -0.1) is 0 Å². The molecule has 0 atom stereocenters. The van der Waals surface area contributed by atoms with E-state index in [4.69, 9.17) is 0 Å². The molecule has 1 amide bonds. The van der Waals surface area contributed by atoms with Crippen LogP contribution in [0.4, 0.5) is 0 Å². The summed E-state index contributed by atoms with van der Waals surface area (Å²) in [5.74, 6) is 0.218. The molecule has 0 radical (unpaired) electrons. The summed E-state index contributed by atoms with van der Waals surface area (Å²) in [5.41, 5.74) is 2.65. The molecule has 4 heteroatoms. The fraction of sp³-hybridized carbons (Fsp3) is 0.562. The molecule has 0 saturated carbocycles. The van der Waals surface area contributed by atoms with Crippen LogP contribution in [0.3, 0.4) is 0 Å². The fourth-order valence-corrected chi connectivity index (χ4v) is 3.08. The topological polar surface area (TPSA) is 43.8 Å². The van der Waals surface area contributed by atoms with Gasteiger partial charge in [0.15, 0.2) is 0 Å². The minimum atomic E-state index is -0.178. The minimum Gasteiger partial charge on any atom is -0.393 e. The largest absolute Gasteiger partial charge is 0.393 e. The summed E-state index contributed by atoms with van der Waals surface area (Å²) in [4.78, 5) is 16.5. The lowest BCUT2D eigenvalue weighted by Gasteiger charge is -2.33. The zero-order valence-corrected chi connectivity index (χ0v) is 11.8. The number of aliphatic hydroxyl groups excluding tert-OH is 1. The first-order chi connectivity index (χ1) is 9.72. The summed E-state index contributed by atoms with van der Waals surface area (Å²) in [6.45, 7) is 3.72. The number of hydrogen-bond donors (Lipinski definition) is 1. The van der Waals surface area contributed by atoms with Crippen LogP contribution in [0.25, 0.3) is 0 Å². The van der Waals surface area contributed by atoms with E-state index in [1.807, 2.05) is 11.0 Å². The highest BCUT2D eigenvalue weighted by Crippen LogP contribution is 2.19. The Morgan fingerprint density at radius 1 is 1.15 bits per heavy atom. The van der Waals surface area contributed by atoms with Gasteiger partial charge in [0, 0.05) is 26.2 Å². The van der Waals surface area contributed by atoms with Gasteiger partial charge in [-0.25, -0.2) is 0 Å². The molecule has 1 saturated heterocycles. The molecule has 2 heterocycles. The molecule has 1 N–H and O–H groups in total. The molecule has 1 aromatic carbocycles. The van der Waals surface area contributed by atoms with Crippen LogP contribution in [0.2, 0.25) is 0 Å². The monoisotopic (exact) mass is 274 g/mol. The minimum absolute atomic E-state index is 0.178. The van der Waals surface area contributed by atoms with Crippen LogP contribution in [0.15, 0.2) is 24.3 Å². The molecule has 2 aliphatic rings. The van der Waals surface area contributed by atoms with Crippen LogP contribution in [0.1, 0.15) is 24.0 Å². The lowest BCUT2D eigenvalue weighted by Crippen LogP contribution is -2.45.